The molecule has 0 fully saturated rings. The Morgan fingerprint density at radius 2 is 1.85 bits per heavy atom. The van der Waals surface area contributed by atoms with E-state index in [1.165, 1.54) is 30.3 Å². The molecule has 9 nitrogen and oxygen atoms in total. The molecule has 0 aliphatic heterocycles. The maximum Gasteiger partial charge on any atom is 0.433 e. The first-order valence-electron chi connectivity index (χ1n) is 9.61. The zero-order chi connectivity index (χ0) is 24.5. The first kappa shape index (κ1) is 22.5. The second kappa shape index (κ2) is 8.65. The first-order valence-corrected chi connectivity index (χ1v) is 9.61. The maximum atomic E-state index is 12.5. The van der Waals surface area contributed by atoms with Crippen LogP contribution in [0.3, 0.4) is 0 Å². The van der Waals surface area contributed by atoms with E-state index in [-0.39, 0.29) is 17.0 Å². The molecule has 0 aliphatic rings. The van der Waals surface area contributed by atoms with Crippen LogP contribution in [-0.4, -0.2) is 30.7 Å². The molecule has 2 heterocycles. The van der Waals surface area contributed by atoms with Gasteiger partial charge in [0.25, 0.3) is 5.69 Å². The van der Waals surface area contributed by atoms with Gasteiger partial charge in [0, 0.05) is 35.7 Å². The third kappa shape index (κ3) is 4.70. The van der Waals surface area contributed by atoms with Gasteiger partial charge >= 0.3 is 6.18 Å². The second-order valence-corrected chi connectivity index (χ2v) is 7.05. The van der Waals surface area contributed by atoms with E-state index >= 15 is 0 Å². The summed E-state index contributed by atoms with van der Waals surface area (Å²) < 4.78 is 38.4. The van der Waals surface area contributed by atoms with E-state index in [1.54, 1.807) is 24.3 Å². The van der Waals surface area contributed by atoms with Gasteiger partial charge in [0.05, 0.1) is 10.4 Å². The largest absolute Gasteiger partial charge is 0.433 e. The van der Waals surface area contributed by atoms with Crippen molar-refractivity contribution in [3.8, 4) is 11.4 Å². The molecule has 0 bridgehead atoms. The average Bonchev–Trinajstić information content (AvgIpc) is 3.13. The number of alkyl halides is 3. The van der Waals surface area contributed by atoms with Gasteiger partial charge < -0.3 is 10.5 Å². The standard InChI is InChI=1S/C22H14F3N5O4/c23-22(24,25)19-9-1-13(12-26-19)2-10-20(31)27-15-5-3-14(4-6-15)21-28-17-8-7-16(30(33)34)11-18(17)29(21)32/h1-12,32H,(H,27,31)/b10-2+. The van der Waals surface area contributed by atoms with Gasteiger partial charge in [0.2, 0.25) is 5.91 Å². The quantitative estimate of drug-likeness (QED) is 0.185. The van der Waals surface area contributed by atoms with E-state index < -0.39 is 22.7 Å². The monoisotopic (exact) mass is 469 g/mol. The molecule has 12 heteroatoms. The molecule has 0 atom stereocenters. The van der Waals surface area contributed by atoms with Crippen molar-refractivity contribution in [1.29, 1.82) is 0 Å². The van der Waals surface area contributed by atoms with Crippen LogP contribution >= 0.6 is 0 Å². The lowest BCUT2D eigenvalue weighted by Gasteiger charge is -2.05. The van der Waals surface area contributed by atoms with Crippen molar-refractivity contribution >= 4 is 34.4 Å². The summed E-state index contributed by atoms with van der Waals surface area (Å²) in [4.78, 5) is 30.1. The highest BCUT2D eigenvalue weighted by Gasteiger charge is 2.31. The van der Waals surface area contributed by atoms with Crippen molar-refractivity contribution in [2.24, 2.45) is 0 Å². The van der Waals surface area contributed by atoms with Crippen molar-refractivity contribution in [1.82, 2.24) is 14.7 Å². The lowest BCUT2D eigenvalue weighted by atomic mass is 10.2. The number of amides is 1. The zero-order valence-electron chi connectivity index (χ0n) is 17.0. The lowest BCUT2D eigenvalue weighted by molar-refractivity contribution is -0.384. The second-order valence-electron chi connectivity index (χ2n) is 7.05. The van der Waals surface area contributed by atoms with Crippen LogP contribution in [0.2, 0.25) is 0 Å². The number of hydrogen-bond donors (Lipinski definition) is 2. The Bertz CT molecular complexity index is 1410. The maximum absolute atomic E-state index is 12.5. The number of fused-ring (bicyclic) bond motifs is 1. The van der Waals surface area contributed by atoms with Crippen molar-refractivity contribution in [2.45, 2.75) is 6.18 Å². The first-order chi connectivity index (χ1) is 16.1. The number of nitrogens with zero attached hydrogens (tertiary/aromatic N) is 4. The highest BCUT2D eigenvalue weighted by atomic mass is 19.4. The number of imidazole rings is 1. The number of benzene rings is 2. The van der Waals surface area contributed by atoms with Gasteiger partial charge in [-0.2, -0.15) is 17.9 Å². The SMILES string of the molecule is O=C(/C=C/c1ccc(C(F)(F)F)nc1)Nc1ccc(-c2nc3ccc([N+](=O)[O-])cc3n2O)cc1. The van der Waals surface area contributed by atoms with Gasteiger partial charge in [0.1, 0.15) is 11.2 Å². The minimum absolute atomic E-state index is 0.156. The minimum atomic E-state index is -4.54. The van der Waals surface area contributed by atoms with E-state index in [4.69, 9.17) is 0 Å². The number of halogens is 3. The fourth-order valence-corrected chi connectivity index (χ4v) is 3.08. The molecule has 0 aliphatic carbocycles. The molecular weight excluding hydrogens is 455 g/mol. The molecule has 4 rings (SSSR count). The van der Waals surface area contributed by atoms with Gasteiger partial charge in [0.15, 0.2) is 5.82 Å². The Hall–Kier alpha value is -4.74. The molecule has 2 N–H and O–H groups in total. The van der Waals surface area contributed by atoms with E-state index in [0.29, 0.717) is 22.3 Å². The summed E-state index contributed by atoms with van der Waals surface area (Å²) in [5.74, 6) is -0.363. The Labute approximate surface area is 188 Å². The molecule has 0 radical (unpaired) electrons. The van der Waals surface area contributed by atoms with Crippen LogP contribution < -0.4 is 5.32 Å². The molecule has 172 valence electrons. The lowest BCUT2D eigenvalue weighted by Crippen LogP contribution is -2.08. The van der Waals surface area contributed by atoms with Crippen LogP contribution in [0.15, 0.2) is 66.9 Å². The Kier molecular flexibility index (Phi) is 5.72. The van der Waals surface area contributed by atoms with E-state index in [1.807, 2.05) is 0 Å². The summed E-state index contributed by atoms with van der Waals surface area (Å²) in [5, 5.41) is 23.9. The molecule has 2 aromatic carbocycles. The third-order valence-electron chi connectivity index (χ3n) is 4.74. The number of rotatable bonds is 5. The van der Waals surface area contributed by atoms with Crippen LogP contribution in [0.5, 0.6) is 0 Å². The number of carbonyl (C=O) groups is 1. The Morgan fingerprint density at radius 3 is 2.47 bits per heavy atom. The highest BCUT2D eigenvalue weighted by Crippen LogP contribution is 2.28. The van der Waals surface area contributed by atoms with Gasteiger partial charge in [-0.05, 0) is 48.0 Å². The van der Waals surface area contributed by atoms with Gasteiger partial charge in [-0.25, -0.2) is 4.98 Å². The molecule has 0 saturated carbocycles. The molecule has 0 saturated heterocycles. The number of nitro groups is 1. The minimum Gasteiger partial charge on any atom is -0.426 e. The van der Waals surface area contributed by atoms with E-state index in [9.17, 15) is 33.3 Å². The Morgan fingerprint density at radius 1 is 1.12 bits per heavy atom. The molecule has 0 spiro atoms. The molecular formula is C22H14F3N5O4. The predicted octanol–water partition coefficient (Wildman–Crippen LogP) is 4.91. The fourth-order valence-electron chi connectivity index (χ4n) is 3.08. The number of aromatic nitrogens is 3. The molecule has 2 aromatic heterocycles. The average molecular weight is 469 g/mol. The summed E-state index contributed by atoms with van der Waals surface area (Å²) in [6.07, 6.45) is -1.05. The number of anilines is 1. The normalized spacial score (nSPS) is 11.7. The molecule has 34 heavy (non-hydrogen) atoms. The van der Waals surface area contributed by atoms with E-state index in [0.717, 1.165) is 23.1 Å². The zero-order valence-corrected chi connectivity index (χ0v) is 17.0. The van der Waals surface area contributed by atoms with Gasteiger partial charge in [-0.1, -0.05) is 6.07 Å². The van der Waals surface area contributed by atoms with E-state index in [2.05, 4.69) is 15.3 Å². The van der Waals surface area contributed by atoms with Gasteiger partial charge in [-0.3, -0.25) is 19.9 Å². The topological polar surface area (TPSA) is 123 Å². The van der Waals surface area contributed by atoms with Crippen LogP contribution in [0.25, 0.3) is 28.5 Å². The van der Waals surface area contributed by atoms with Gasteiger partial charge in [-0.15, -0.1) is 0 Å². The van der Waals surface area contributed by atoms with Crippen molar-refractivity contribution < 1.29 is 28.1 Å². The number of hydrogen-bond acceptors (Lipinski definition) is 6. The summed E-state index contributed by atoms with van der Waals surface area (Å²) in [6, 6.07) is 12.2. The summed E-state index contributed by atoms with van der Waals surface area (Å²) in [5.41, 5.74) is 0.551. The van der Waals surface area contributed by atoms with Crippen molar-refractivity contribution in [3.05, 3.63) is 88.2 Å². The summed E-state index contributed by atoms with van der Waals surface area (Å²) >= 11 is 0. The number of carbonyl (C=O) groups excluding carboxylic acids is 1. The van der Waals surface area contributed by atoms with Crippen LogP contribution in [-0.2, 0) is 11.0 Å². The molecule has 0 unspecified atom stereocenters. The number of nitro benzene ring substituents is 1. The summed E-state index contributed by atoms with van der Waals surface area (Å²) in [7, 11) is 0. The van der Waals surface area contributed by atoms with Crippen LogP contribution in [0.1, 0.15) is 11.3 Å². The van der Waals surface area contributed by atoms with Crippen molar-refractivity contribution in [3.63, 3.8) is 0 Å². The number of nitrogens with one attached hydrogen (secondary N) is 1. The highest BCUT2D eigenvalue weighted by molar-refractivity contribution is 6.02. The third-order valence-corrected chi connectivity index (χ3v) is 4.74. The van der Waals surface area contributed by atoms with Crippen molar-refractivity contribution in [2.75, 3.05) is 5.32 Å². The number of non-ortho nitro benzene ring substituents is 1. The smallest absolute Gasteiger partial charge is 0.426 e. The predicted molar refractivity (Wildman–Crippen MR) is 116 cm³/mol. The molecule has 1 amide bonds. The van der Waals surface area contributed by atoms with Crippen LogP contribution in [0, 0.1) is 10.1 Å². The van der Waals surface area contributed by atoms with Crippen LogP contribution in [0.4, 0.5) is 24.5 Å². The molecule has 4 aromatic rings. The fraction of sp³-hybridized carbons (Fsp3) is 0.0455. The number of pyridine rings is 1. The Balaban J connectivity index is 1.45. The summed E-state index contributed by atoms with van der Waals surface area (Å²) in [6.45, 7) is 0.